The van der Waals surface area contributed by atoms with Crippen LogP contribution in [-0.4, -0.2) is 4.98 Å². The van der Waals surface area contributed by atoms with E-state index in [0.29, 0.717) is 0 Å². The number of hydrogen-bond acceptors (Lipinski definition) is 1. The Bertz CT molecular complexity index is 403. The maximum Gasteiger partial charge on any atom is 0.0705 e. The van der Waals surface area contributed by atoms with Crippen LogP contribution >= 0.6 is 15.9 Å². The third-order valence-corrected chi connectivity index (χ3v) is 2.37. The average Bonchev–Trinajstić information content (AvgIpc) is 2.17. The number of nitrogens with zero attached hydrogens (tertiary/aromatic N) is 1. The van der Waals surface area contributed by atoms with Crippen molar-refractivity contribution in [2.24, 2.45) is 0 Å². The van der Waals surface area contributed by atoms with Crippen molar-refractivity contribution in [3.63, 3.8) is 0 Å². The van der Waals surface area contributed by atoms with Crippen molar-refractivity contribution in [1.29, 1.82) is 0 Å². The molecule has 1 aromatic carbocycles. The number of alkyl halides is 1. The summed E-state index contributed by atoms with van der Waals surface area (Å²) >= 11 is 3.38. The maximum atomic E-state index is 4.45. The zero-order valence-corrected chi connectivity index (χ0v) is 9.33. The van der Waals surface area contributed by atoms with Gasteiger partial charge in [0.25, 0.3) is 0 Å². The molecule has 0 aliphatic rings. The molecular formula is C10H8BrCuN. The molecule has 1 aromatic heterocycles. The SMILES string of the molecule is BrCc1ccc2ccccc2n1.[Cu]. The van der Waals surface area contributed by atoms with Crippen LogP contribution in [0.1, 0.15) is 5.69 Å². The first-order valence-corrected chi connectivity index (χ1v) is 4.93. The minimum Gasteiger partial charge on any atom is -0.252 e. The van der Waals surface area contributed by atoms with Gasteiger partial charge in [-0.25, -0.2) is 0 Å². The Hall–Kier alpha value is -0.371. The van der Waals surface area contributed by atoms with Gasteiger partial charge in [-0.2, -0.15) is 0 Å². The molecule has 71 valence electrons. The first kappa shape index (κ1) is 10.7. The zero-order valence-electron chi connectivity index (χ0n) is 6.80. The van der Waals surface area contributed by atoms with Gasteiger partial charge in [0.05, 0.1) is 11.2 Å². The van der Waals surface area contributed by atoms with E-state index in [1.807, 2.05) is 24.3 Å². The molecule has 0 saturated heterocycles. The van der Waals surface area contributed by atoms with Gasteiger partial charge in [0, 0.05) is 27.8 Å². The van der Waals surface area contributed by atoms with Gasteiger partial charge in [-0.1, -0.05) is 40.2 Å². The number of halogens is 1. The molecule has 0 fully saturated rings. The second-order valence-corrected chi connectivity index (χ2v) is 3.19. The number of rotatable bonds is 1. The van der Waals surface area contributed by atoms with E-state index in [0.717, 1.165) is 16.5 Å². The summed E-state index contributed by atoms with van der Waals surface area (Å²) in [7, 11) is 0. The molecule has 0 amide bonds. The second-order valence-electron chi connectivity index (χ2n) is 2.63. The normalized spacial score (nSPS) is 9.62. The Morgan fingerprint density at radius 2 is 1.85 bits per heavy atom. The van der Waals surface area contributed by atoms with E-state index >= 15 is 0 Å². The molecule has 0 N–H and O–H groups in total. The predicted octanol–water partition coefficient (Wildman–Crippen LogP) is 3.13. The molecule has 13 heavy (non-hydrogen) atoms. The molecule has 1 heterocycles. The third-order valence-electron chi connectivity index (χ3n) is 1.79. The van der Waals surface area contributed by atoms with Crippen LogP contribution in [0.25, 0.3) is 10.9 Å². The Kier molecular flexibility index (Phi) is 3.91. The molecule has 1 nitrogen and oxygen atoms in total. The van der Waals surface area contributed by atoms with Crippen LogP contribution in [0, 0.1) is 0 Å². The van der Waals surface area contributed by atoms with Crippen LogP contribution in [0.3, 0.4) is 0 Å². The molecule has 3 heteroatoms. The smallest absolute Gasteiger partial charge is 0.0705 e. The van der Waals surface area contributed by atoms with Gasteiger partial charge >= 0.3 is 0 Å². The monoisotopic (exact) mass is 284 g/mol. The topological polar surface area (TPSA) is 12.9 Å². The predicted molar refractivity (Wildman–Crippen MR) is 54.4 cm³/mol. The first-order valence-electron chi connectivity index (χ1n) is 3.81. The number of para-hydroxylation sites is 1. The van der Waals surface area contributed by atoms with Crippen molar-refractivity contribution in [2.45, 2.75) is 5.33 Å². The van der Waals surface area contributed by atoms with Gasteiger partial charge in [0.15, 0.2) is 0 Å². The Labute approximate surface area is 96.2 Å². The van der Waals surface area contributed by atoms with E-state index in [-0.39, 0.29) is 17.1 Å². The van der Waals surface area contributed by atoms with Crippen LogP contribution in [0.4, 0.5) is 0 Å². The quantitative estimate of drug-likeness (QED) is 0.579. The molecular weight excluding hydrogens is 278 g/mol. The number of aromatic nitrogens is 1. The van der Waals surface area contributed by atoms with E-state index in [9.17, 15) is 0 Å². The van der Waals surface area contributed by atoms with Crippen molar-refractivity contribution in [1.82, 2.24) is 4.98 Å². The standard InChI is InChI=1S/C10H8BrN.Cu/c11-7-9-6-5-8-3-1-2-4-10(8)12-9;/h1-6H,7H2;. The maximum absolute atomic E-state index is 4.45. The second kappa shape index (κ2) is 4.75. The van der Waals surface area contributed by atoms with Crippen LogP contribution in [0.2, 0.25) is 0 Å². The average molecular weight is 286 g/mol. The van der Waals surface area contributed by atoms with Crippen LogP contribution in [-0.2, 0) is 22.4 Å². The van der Waals surface area contributed by atoms with Crippen LogP contribution in [0.15, 0.2) is 36.4 Å². The largest absolute Gasteiger partial charge is 0.252 e. The molecule has 0 atom stereocenters. The zero-order chi connectivity index (χ0) is 8.39. The van der Waals surface area contributed by atoms with Gasteiger partial charge in [-0.05, 0) is 12.1 Å². The summed E-state index contributed by atoms with van der Waals surface area (Å²) < 4.78 is 0. The van der Waals surface area contributed by atoms with Crippen molar-refractivity contribution in [3.05, 3.63) is 42.1 Å². The Morgan fingerprint density at radius 1 is 1.08 bits per heavy atom. The van der Waals surface area contributed by atoms with Crippen molar-refractivity contribution < 1.29 is 17.1 Å². The summed E-state index contributed by atoms with van der Waals surface area (Å²) in [6, 6.07) is 12.3. The van der Waals surface area contributed by atoms with E-state index in [1.54, 1.807) is 0 Å². The minimum atomic E-state index is 0. The van der Waals surface area contributed by atoms with Gasteiger partial charge in [0.1, 0.15) is 0 Å². The summed E-state index contributed by atoms with van der Waals surface area (Å²) in [5.41, 5.74) is 2.14. The van der Waals surface area contributed by atoms with E-state index in [2.05, 4.69) is 33.0 Å². The fourth-order valence-electron chi connectivity index (χ4n) is 1.18. The van der Waals surface area contributed by atoms with Gasteiger partial charge < -0.3 is 0 Å². The summed E-state index contributed by atoms with van der Waals surface area (Å²) in [5, 5.41) is 2.01. The summed E-state index contributed by atoms with van der Waals surface area (Å²) in [4.78, 5) is 4.45. The number of pyridine rings is 1. The molecule has 1 radical (unpaired) electrons. The molecule has 2 aromatic rings. The Morgan fingerprint density at radius 3 is 2.62 bits per heavy atom. The van der Waals surface area contributed by atoms with E-state index in [4.69, 9.17) is 0 Å². The van der Waals surface area contributed by atoms with Gasteiger partial charge in [0.2, 0.25) is 0 Å². The summed E-state index contributed by atoms with van der Waals surface area (Å²) in [6.45, 7) is 0. The van der Waals surface area contributed by atoms with Gasteiger partial charge in [-0.15, -0.1) is 0 Å². The number of fused-ring (bicyclic) bond motifs is 1. The molecule has 0 bridgehead atoms. The van der Waals surface area contributed by atoms with Crippen molar-refractivity contribution >= 4 is 26.8 Å². The minimum absolute atomic E-state index is 0. The van der Waals surface area contributed by atoms with Crippen LogP contribution in [0.5, 0.6) is 0 Å². The molecule has 2 rings (SSSR count). The summed E-state index contributed by atoms with van der Waals surface area (Å²) in [5.74, 6) is 0. The Balaban J connectivity index is 0.000000845. The van der Waals surface area contributed by atoms with Gasteiger partial charge in [-0.3, -0.25) is 4.98 Å². The number of benzene rings is 1. The fourth-order valence-corrected chi connectivity index (χ4v) is 1.49. The molecule has 0 aliphatic heterocycles. The first-order chi connectivity index (χ1) is 5.90. The molecule has 0 unspecified atom stereocenters. The van der Waals surface area contributed by atoms with E-state index in [1.165, 1.54) is 5.39 Å². The molecule has 0 saturated carbocycles. The summed E-state index contributed by atoms with van der Waals surface area (Å²) in [6.07, 6.45) is 0. The van der Waals surface area contributed by atoms with Crippen LogP contribution < -0.4 is 0 Å². The molecule has 0 spiro atoms. The van der Waals surface area contributed by atoms with E-state index < -0.39 is 0 Å². The third kappa shape index (κ3) is 2.31. The van der Waals surface area contributed by atoms with Crippen molar-refractivity contribution in [3.8, 4) is 0 Å². The van der Waals surface area contributed by atoms with Crippen molar-refractivity contribution in [2.75, 3.05) is 0 Å². The fraction of sp³-hybridized carbons (Fsp3) is 0.100. The molecule has 0 aliphatic carbocycles. The number of hydrogen-bond donors (Lipinski definition) is 0.